The van der Waals surface area contributed by atoms with Crippen molar-refractivity contribution in [2.45, 2.75) is 52.0 Å². The van der Waals surface area contributed by atoms with Crippen LogP contribution in [0.25, 0.3) is 0 Å². The lowest BCUT2D eigenvalue weighted by molar-refractivity contribution is -0.120. The van der Waals surface area contributed by atoms with Crippen molar-refractivity contribution < 1.29 is 4.79 Å². The van der Waals surface area contributed by atoms with Crippen molar-refractivity contribution in [2.75, 3.05) is 5.32 Å². The van der Waals surface area contributed by atoms with E-state index in [4.69, 9.17) is 0 Å². The molecule has 1 aliphatic heterocycles. The molecular weight excluding hydrogens is 328 g/mol. The Morgan fingerprint density at radius 3 is 3.00 bits per heavy atom. The van der Waals surface area contributed by atoms with Crippen LogP contribution in [0.5, 0.6) is 0 Å². The number of carbonyl (C=O) groups excluding carboxylic acids is 1. The van der Waals surface area contributed by atoms with E-state index in [9.17, 15) is 9.59 Å². The molecule has 0 spiro atoms. The van der Waals surface area contributed by atoms with Gasteiger partial charge in [-0.1, -0.05) is 31.1 Å². The molecule has 2 aromatic heterocycles. The number of nitrogens with one attached hydrogen (secondary N) is 1. The highest BCUT2D eigenvalue weighted by molar-refractivity contribution is 7.15. The molecule has 0 bridgehead atoms. The number of aromatic nitrogens is 5. The van der Waals surface area contributed by atoms with E-state index in [1.54, 1.807) is 11.6 Å². The van der Waals surface area contributed by atoms with Crippen molar-refractivity contribution in [3.8, 4) is 0 Å². The Hall–Kier alpha value is -2.03. The Morgan fingerprint density at radius 1 is 1.38 bits per heavy atom. The van der Waals surface area contributed by atoms with Gasteiger partial charge in [0.25, 0.3) is 0 Å². The number of nitrogens with zero attached hydrogens (tertiary/aromatic N) is 5. The van der Waals surface area contributed by atoms with Gasteiger partial charge in [-0.2, -0.15) is 5.10 Å². The Morgan fingerprint density at radius 2 is 2.21 bits per heavy atom. The lowest BCUT2D eigenvalue weighted by Gasteiger charge is -2.20. The zero-order valence-corrected chi connectivity index (χ0v) is 14.8. The summed E-state index contributed by atoms with van der Waals surface area (Å²) in [5.74, 6) is 0.403. The molecule has 0 aliphatic carbocycles. The van der Waals surface area contributed by atoms with E-state index < -0.39 is 0 Å². The van der Waals surface area contributed by atoms with Crippen LogP contribution in [-0.2, 0) is 31.2 Å². The highest BCUT2D eigenvalue weighted by atomic mass is 32.1. The van der Waals surface area contributed by atoms with Crippen molar-refractivity contribution in [1.82, 2.24) is 24.5 Å². The van der Waals surface area contributed by atoms with Gasteiger partial charge in [-0.3, -0.25) is 9.36 Å². The lowest BCUT2D eigenvalue weighted by atomic mass is 9.99. The first-order valence-corrected chi connectivity index (χ1v) is 9.16. The fraction of sp³-hybridized carbons (Fsp3) is 0.667. The van der Waals surface area contributed by atoms with E-state index >= 15 is 0 Å². The van der Waals surface area contributed by atoms with Gasteiger partial charge >= 0.3 is 5.69 Å². The van der Waals surface area contributed by atoms with E-state index in [0.717, 1.165) is 23.7 Å². The second-order valence-corrected chi connectivity index (χ2v) is 7.18. The summed E-state index contributed by atoms with van der Waals surface area (Å²) in [7, 11) is 1.63. The second kappa shape index (κ2) is 7.25. The third-order valence-electron chi connectivity index (χ3n) is 4.27. The highest BCUT2D eigenvalue weighted by Gasteiger charge is 2.28. The molecule has 0 aromatic carbocycles. The topological polar surface area (TPSA) is 94.7 Å². The molecule has 1 atom stereocenters. The Kier molecular flexibility index (Phi) is 5.08. The van der Waals surface area contributed by atoms with Gasteiger partial charge in [0, 0.05) is 26.4 Å². The van der Waals surface area contributed by atoms with Crippen LogP contribution in [-0.4, -0.2) is 30.5 Å². The van der Waals surface area contributed by atoms with Crippen molar-refractivity contribution >= 4 is 22.4 Å². The number of fused-ring (bicyclic) bond motifs is 1. The van der Waals surface area contributed by atoms with Crippen LogP contribution in [0.4, 0.5) is 5.13 Å². The molecule has 2 aromatic rings. The summed E-state index contributed by atoms with van der Waals surface area (Å²) in [6, 6.07) is 0. The predicted molar refractivity (Wildman–Crippen MR) is 91.0 cm³/mol. The van der Waals surface area contributed by atoms with Gasteiger partial charge in [-0.25, -0.2) is 9.48 Å². The number of amides is 1. The first-order valence-electron chi connectivity index (χ1n) is 8.34. The zero-order valence-electron chi connectivity index (χ0n) is 14.0. The largest absolute Gasteiger partial charge is 0.345 e. The molecule has 0 fully saturated rings. The zero-order chi connectivity index (χ0) is 17.1. The average Bonchev–Trinajstić information content (AvgIpc) is 3.12. The number of hydrogen-bond donors (Lipinski definition) is 1. The first-order chi connectivity index (χ1) is 11.6. The van der Waals surface area contributed by atoms with Gasteiger partial charge in [0.15, 0.2) is 0 Å². The maximum atomic E-state index is 12.5. The van der Waals surface area contributed by atoms with Crippen molar-refractivity contribution in [3.63, 3.8) is 0 Å². The maximum absolute atomic E-state index is 12.5. The fourth-order valence-electron chi connectivity index (χ4n) is 2.89. The quantitative estimate of drug-likeness (QED) is 0.794. The number of aryl methyl sites for hydroxylation is 3. The van der Waals surface area contributed by atoms with Crippen LogP contribution in [0, 0.1) is 5.92 Å². The molecule has 0 saturated carbocycles. The molecule has 24 heavy (non-hydrogen) atoms. The molecule has 8 nitrogen and oxygen atoms in total. The summed E-state index contributed by atoms with van der Waals surface area (Å²) in [6.07, 6.45) is 5.65. The van der Waals surface area contributed by atoms with E-state index in [2.05, 4.69) is 27.5 Å². The molecule has 3 rings (SSSR count). The van der Waals surface area contributed by atoms with Crippen LogP contribution in [0.15, 0.2) is 4.79 Å². The SMILES string of the molecule is CCCCCc1nnc(NC(=O)C2CCc3nn(C)c(=O)n3C2)s1. The predicted octanol–water partition coefficient (Wildman–Crippen LogP) is 1.37. The smallest absolute Gasteiger partial charge is 0.300 e. The third-order valence-corrected chi connectivity index (χ3v) is 5.16. The second-order valence-electron chi connectivity index (χ2n) is 6.12. The number of hydrogen-bond acceptors (Lipinski definition) is 6. The number of carbonyl (C=O) groups is 1. The Balaban J connectivity index is 1.60. The summed E-state index contributed by atoms with van der Waals surface area (Å²) in [6.45, 7) is 2.53. The lowest BCUT2D eigenvalue weighted by Crippen LogP contribution is -2.35. The van der Waals surface area contributed by atoms with Crippen LogP contribution < -0.4 is 11.0 Å². The van der Waals surface area contributed by atoms with Gasteiger partial charge in [0.2, 0.25) is 11.0 Å². The number of anilines is 1. The van der Waals surface area contributed by atoms with Crippen molar-refractivity contribution in [3.05, 3.63) is 21.3 Å². The monoisotopic (exact) mass is 350 g/mol. The molecule has 0 radical (unpaired) electrons. The minimum Gasteiger partial charge on any atom is -0.300 e. The summed E-state index contributed by atoms with van der Waals surface area (Å²) in [5, 5.41) is 16.7. The molecule has 0 saturated heterocycles. The first kappa shape index (κ1) is 16.8. The highest BCUT2D eigenvalue weighted by Crippen LogP contribution is 2.21. The molecule has 3 heterocycles. The number of rotatable bonds is 6. The molecule has 1 aliphatic rings. The minimum atomic E-state index is -0.244. The average molecular weight is 350 g/mol. The molecule has 1 unspecified atom stereocenters. The molecular formula is C15H22N6O2S. The normalized spacial score (nSPS) is 16.8. The Bertz CT molecular complexity index is 777. The third kappa shape index (κ3) is 3.55. The standard InChI is InChI=1S/C15H22N6O2S/c1-3-4-5-6-12-17-18-14(24-12)16-13(22)10-7-8-11-19-20(2)15(23)21(11)9-10/h10H,3-9H2,1-2H3,(H,16,18,22). The van der Waals surface area contributed by atoms with Crippen LogP contribution in [0.2, 0.25) is 0 Å². The van der Waals surface area contributed by atoms with Gasteiger partial charge in [0.1, 0.15) is 10.8 Å². The van der Waals surface area contributed by atoms with E-state index in [0.29, 0.717) is 24.5 Å². The van der Waals surface area contributed by atoms with Crippen LogP contribution in [0.1, 0.15) is 43.4 Å². The van der Waals surface area contributed by atoms with Crippen LogP contribution in [0.3, 0.4) is 0 Å². The van der Waals surface area contributed by atoms with Gasteiger partial charge < -0.3 is 5.32 Å². The summed E-state index contributed by atoms with van der Waals surface area (Å²) in [5.41, 5.74) is -0.170. The maximum Gasteiger partial charge on any atom is 0.345 e. The fourth-order valence-corrected chi connectivity index (χ4v) is 3.68. The van der Waals surface area contributed by atoms with Crippen LogP contribution >= 0.6 is 11.3 Å². The van der Waals surface area contributed by atoms with Crippen molar-refractivity contribution in [2.24, 2.45) is 13.0 Å². The van der Waals surface area contributed by atoms with Gasteiger partial charge in [-0.15, -0.1) is 10.2 Å². The van der Waals surface area contributed by atoms with Gasteiger partial charge in [-0.05, 0) is 12.8 Å². The van der Waals surface area contributed by atoms with Crippen molar-refractivity contribution in [1.29, 1.82) is 0 Å². The molecule has 9 heteroatoms. The van der Waals surface area contributed by atoms with E-state index in [1.165, 1.54) is 28.9 Å². The Labute approximate surface area is 143 Å². The van der Waals surface area contributed by atoms with Gasteiger partial charge in [0.05, 0.1) is 5.92 Å². The molecule has 130 valence electrons. The minimum absolute atomic E-state index is 0.104. The summed E-state index contributed by atoms with van der Waals surface area (Å²) >= 11 is 1.43. The molecule has 1 N–H and O–H groups in total. The summed E-state index contributed by atoms with van der Waals surface area (Å²) in [4.78, 5) is 24.4. The van der Waals surface area contributed by atoms with E-state index in [1.807, 2.05) is 0 Å². The summed E-state index contributed by atoms with van der Waals surface area (Å²) < 4.78 is 2.91. The van der Waals surface area contributed by atoms with E-state index in [-0.39, 0.29) is 17.5 Å². The molecule has 1 amide bonds. The number of unbranched alkanes of at least 4 members (excludes halogenated alkanes) is 2.